The Labute approximate surface area is 173 Å². The number of hydrogen-bond acceptors (Lipinski definition) is 8. The molecule has 0 aliphatic carbocycles. The Balaban J connectivity index is -0.000000380. The first-order valence-electron chi connectivity index (χ1n) is 8.46. The van der Waals surface area contributed by atoms with Gasteiger partial charge in [0, 0.05) is 10.4 Å². The highest BCUT2D eigenvalue weighted by atomic mass is 32.3. The third-order valence-electron chi connectivity index (χ3n) is 2.69. The number of carbonyl (C=O) groups excluding carboxylic acids is 2. The van der Waals surface area contributed by atoms with Crippen molar-refractivity contribution < 1.29 is 36.1 Å². The molecule has 0 rings (SSSR count). The van der Waals surface area contributed by atoms with Crippen molar-refractivity contribution in [3.8, 4) is 12.1 Å². The van der Waals surface area contributed by atoms with Gasteiger partial charge < -0.3 is 28.7 Å². The zero-order valence-electron chi connectivity index (χ0n) is 17.9. The second-order valence-corrected chi connectivity index (χ2v) is 8.62. The molecule has 29 heavy (non-hydrogen) atoms. The lowest BCUT2D eigenvalue weighted by Gasteiger charge is -2.23. The van der Waals surface area contributed by atoms with E-state index >= 15 is 0 Å². The molecule has 0 heterocycles. The number of likely N-dealkylation sites (N-methyl/N-ethyl adjacent to an activating group) is 2. The second-order valence-electron chi connectivity index (χ2n) is 7.81. The highest BCUT2D eigenvalue weighted by molar-refractivity contribution is 7.79. The Kier molecular flexibility index (Phi) is 16.9. The van der Waals surface area contributed by atoms with Crippen LogP contribution in [-0.2, 0) is 20.0 Å². The van der Waals surface area contributed by atoms with Gasteiger partial charge in [0.25, 0.3) is 0 Å². The van der Waals surface area contributed by atoms with Crippen molar-refractivity contribution >= 4 is 22.2 Å². The summed E-state index contributed by atoms with van der Waals surface area (Å²) in [6.45, 7) is 3.00. The van der Waals surface area contributed by atoms with E-state index in [1.807, 2.05) is 0 Å². The Morgan fingerprint density at radius 1 is 0.793 bits per heavy atom. The lowest BCUT2D eigenvalue weighted by atomic mass is 10.4. The molecule has 0 fully saturated rings. The van der Waals surface area contributed by atoms with Crippen molar-refractivity contribution in [3.05, 3.63) is 0 Å². The second kappa shape index (κ2) is 15.6. The van der Waals surface area contributed by atoms with Crippen LogP contribution < -0.4 is 10.6 Å². The van der Waals surface area contributed by atoms with Crippen molar-refractivity contribution in [1.29, 1.82) is 10.5 Å². The molecule has 0 spiro atoms. The SMILES string of the molecule is C[N+](C)(C)CCNC(=O)CC#N.C[N+](C)(C)CCNC(=O)CC#N.O=S(=O)([O-])[O-]. The quantitative estimate of drug-likeness (QED) is 0.251. The van der Waals surface area contributed by atoms with Crippen molar-refractivity contribution in [2.45, 2.75) is 12.8 Å². The molecule has 2 N–H and O–H groups in total. The zero-order chi connectivity index (χ0) is 23.7. The van der Waals surface area contributed by atoms with Crippen LogP contribution in [0.5, 0.6) is 0 Å². The number of rotatable bonds is 8. The summed E-state index contributed by atoms with van der Waals surface area (Å²) in [4.78, 5) is 21.6. The van der Waals surface area contributed by atoms with Gasteiger partial charge in [0.05, 0.1) is 80.6 Å². The molecule has 168 valence electrons. The fourth-order valence-electron chi connectivity index (χ4n) is 1.33. The van der Waals surface area contributed by atoms with Gasteiger partial charge in [0.2, 0.25) is 11.8 Å². The molecule has 0 unspecified atom stereocenters. The van der Waals surface area contributed by atoms with Gasteiger partial charge in [-0.3, -0.25) is 18.0 Å². The minimum absolute atomic E-state index is 0.0445. The fraction of sp³-hybridized carbons (Fsp3) is 0.750. The summed E-state index contributed by atoms with van der Waals surface area (Å²) in [5, 5.41) is 21.7. The van der Waals surface area contributed by atoms with Crippen LogP contribution in [-0.4, -0.2) is 107 Å². The third-order valence-corrected chi connectivity index (χ3v) is 2.69. The van der Waals surface area contributed by atoms with E-state index in [4.69, 9.17) is 28.0 Å². The number of nitriles is 2. The van der Waals surface area contributed by atoms with E-state index in [9.17, 15) is 9.59 Å². The van der Waals surface area contributed by atoms with Crippen molar-refractivity contribution in [1.82, 2.24) is 10.6 Å². The van der Waals surface area contributed by atoms with Crippen LogP contribution in [0.25, 0.3) is 0 Å². The summed E-state index contributed by atoms with van der Waals surface area (Å²) in [5.74, 6) is -0.378. The zero-order valence-corrected chi connectivity index (χ0v) is 18.7. The van der Waals surface area contributed by atoms with Crippen molar-refractivity contribution in [2.75, 3.05) is 68.5 Å². The normalized spacial score (nSPS) is 10.7. The van der Waals surface area contributed by atoms with Gasteiger partial charge in [0.1, 0.15) is 12.8 Å². The van der Waals surface area contributed by atoms with Crippen LogP contribution in [0.15, 0.2) is 0 Å². The first kappa shape index (κ1) is 31.4. The van der Waals surface area contributed by atoms with Gasteiger partial charge in [-0.05, 0) is 0 Å². The van der Waals surface area contributed by atoms with Crippen molar-refractivity contribution in [3.63, 3.8) is 0 Å². The average molecular weight is 437 g/mol. The van der Waals surface area contributed by atoms with Gasteiger partial charge in [-0.15, -0.1) is 0 Å². The van der Waals surface area contributed by atoms with Crippen LogP contribution in [0, 0.1) is 22.7 Å². The predicted molar refractivity (Wildman–Crippen MR) is 103 cm³/mol. The fourth-order valence-corrected chi connectivity index (χ4v) is 1.33. The maximum absolute atomic E-state index is 10.8. The Morgan fingerprint density at radius 3 is 1.21 bits per heavy atom. The maximum atomic E-state index is 10.8. The number of quaternary nitrogens is 2. The predicted octanol–water partition coefficient (Wildman–Crippen LogP) is -1.89. The molecule has 2 amide bonds. The standard InChI is InChI=1S/2C8H15N3O.H2O4S/c2*1-11(2,3)7-6-10-8(12)4-5-9;1-5(2,3)4/h2*4,6-7H2,1-3H3;(H2,1,2,3,4). The molecule has 0 aliphatic heterocycles. The van der Waals surface area contributed by atoms with Crippen LogP contribution in [0.4, 0.5) is 0 Å². The molecule has 0 aromatic heterocycles. The van der Waals surface area contributed by atoms with Crippen LogP contribution in [0.2, 0.25) is 0 Å². The summed E-state index contributed by atoms with van der Waals surface area (Å²) in [7, 11) is 7.15. The molecular weight excluding hydrogens is 404 g/mol. The van der Waals surface area contributed by atoms with Gasteiger partial charge in [-0.25, -0.2) is 0 Å². The number of amides is 2. The molecule has 12 nitrogen and oxygen atoms in total. The minimum atomic E-state index is -5.17. The van der Waals surface area contributed by atoms with E-state index in [1.54, 1.807) is 12.1 Å². The first-order valence-corrected chi connectivity index (χ1v) is 9.79. The minimum Gasteiger partial charge on any atom is -0.759 e. The molecule has 0 saturated carbocycles. The molecule has 0 radical (unpaired) electrons. The van der Waals surface area contributed by atoms with E-state index in [2.05, 4.69) is 52.9 Å². The smallest absolute Gasteiger partial charge is 0.234 e. The van der Waals surface area contributed by atoms with E-state index in [1.165, 1.54) is 0 Å². The number of carbonyl (C=O) groups is 2. The summed E-state index contributed by atoms with van der Waals surface area (Å²) < 4.78 is 35.7. The average Bonchev–Trinajstić information content (AvgIpc) is 2.44. The molecule has 0 aliphatic rings. The molecule has 0 bridgehead atoms. The molecule has 13 heteroatoms. The lowest BCUT2D eigenvalue weighted by molar-refractivity contribution is -0.869. The monoisotopic (exact) mass is 436 g/mol. The summed E-state index contributed by atoms with van der Waals surface area (Å²) >= 11 is 0. The Morgan fingerprint density at radius 2 is 1.03 bits per heavy atom. The topological polar surface area (TPSA) is 186 Å². The first-order chi connectivity index (χ1) is 12.9. The van der Waals surface area contributed by atoms with Crippen LogP contribution in [0.1, 0.15) is 12.8 Å². The summed E-state index contributed by atoms with van der Waals surface area (Å²) in [5.41, 5.74) is 0. The lowest BCUT2D eigenvalue weighted by Crippen LogP contribution is -2.41. The van der Waals surface area contributed by atoms with E-state index < -0.39 is 10.4 Å². The highest BCUT2D eigenvalue weighted by Gasteiger charge is 2.07. The van der Waals surface area contributed by atoms with Crippen LogP contribution >= 0.6 is 0 Å². The molecule has 0 saturated heterocycles. The molecule has 0 aromatic carbocycles. The Hall–Kier alpha value is -2.29. The highest BCUT2D eigenvalue weighted by Crippen LogP contribution is 1.87. The molecule has 0 atom stereocenters. The van der Waals surface area contributed by atoms with Crippen molar-refractivity contribution in [2.24, 2.45) is 0 Å². The molecule has 0 aromatic rings. The van der Waals surface area contributed by atoms with Gasteiger partial charge in [-0.2, -0.15) is 10.5 Å². The molecular formula is C16H32N6O6S. The largest absolute Gasteiger partial charge is 0.759 e. The summed E-state index contributed by atoms with van der Waals surface area (Å²) in [6, 6.07) is 3.60. The van der Waals surface area contributed by atoms with Gasteiger partial charge in [-0.1, -0.05) is 0 Å². The van der Waals surface area contributed by atoms with Crippen LogP contribution in [0.3, 0.4) is 0 Å². The van der Waals surface area contributed by atoms with E-state index in [0.29, 0.717) is 13.1 Å². The Bertz CT molecular complexity index is 616. The van der Waals surface area contributed by atoms with E-state index in [0.717, 1.165) is 22.1 Å². The third kappa shape index (κ3) is 46.1. The maximum Gasteiger partial charge on any atom is 0.234 e. The number of nitrogens with one attached hydrogen (secondary N) is 2. The number of hydrogen-bond donors (Lipinski definition) is 2. The van der Waals surface area contributed by atoms with Gasteiger partial charge >= 0.3 is 0 Å². The van der Waals surface area contributed by atoms with E-state index in [-0.39, 0.29) is 24.7 Å². The summed E-state index contributed by atoms with van der Waals surface area (Å²) in [6.07, 6.45) is -0.0890. The van der Waals surface area contributed by atoms with Gasteiger partial charge in [0.15, 0.2) is 0 Å². The number of nitrogens with zero attached hydrogens (tertiary/aromatic N) is 4.